The van der Waals surface area contributed by atoms with Gasteiger partial charge in [0.05, 0.1) is 39.6 Å². The fourth-order valence-electron chi connectivity index (χ4n) is 4.33. The first-order chi connectivity index (χ1) is 13.9. The van der Waals surface area contributed by atoms with Crippen molar-refractivity contribution >= 4 is 0 Å². The molecule has 3 rings (SSSR count). The van der Waals surface area contributed by atoms with E-state index in [2.05, 4.69) is 20.0 Å². The van der Waals surface area contributed by atoms with Crippen LogP contribution in [0, 0.1) is 0 Å². The summed E-state index contributed by atoms with van der Waals surface area (Å²) in [6, 6.07) is 0.633. The molecule has 7 heteroatoms. The van der Waals surface area contributed by atoms with Crippen molar-refractivity contribution in [1.29, 1.82) is 0 Å². The van der Waals surface area contributed by atoms with Crippen molar-refractivity contribution in [3.05, 3.63) is 0 Å². The van der Waals surface area contributed by atoms with Crippen LogP contribution in [-0.2, 0) is 14.2 Å². The molecule has 0 amide bonds. The first kappa shape index (κ1) is 22.4. The van der Waals surface area contributed by atoms with Crippen molar-refractivity contribution in [1.82, 2.24) is 20.0 Å². The number of rotatable bonds is 12. The Labute approximate surface area is 171 Å². The molecule has 0 spiro atoms. The fraction of sp³-hybridized carbons (Fsp3) is 1.00. The van der Waals surface area contributed by atoms with Gasteiger partial charge in [-0.2, -0.15) is 0 Å². The van der Waals surface area contributed by atoms with Crippen molar-refractivity contribution in [2.24, 2.45) is 0 Å². The lowest BCUT2D eigenvalue weighted by Gasteiger charge is -2.30. The topological polar surface area (TPSA) is 49.4 Å². The number of morpholine rings is 3. The summed E-state index contributed by atoms with van der Waals surface area (Å²) in [5.74, 6) is 0. The van der Waals surface area contributed by atoms with Gasteiger partial charge >= 0.3 is 0 Å². The van der Waals surface area contributed by atoms with Gasteiger partial charge in [0.25, 0.3) is 0 Å². The molecule has 164 valence electrons. The van der Waals surface area contributed by atoms with Crippen LogP contribution in [0.4, 0.5) is 0 Å². The van der Waals surface area contributed by atoms with Crippen LogP contribution in [0.2, 0.25) is 0 Å². The van der Waals surface area contributed by atoms with E-state index in [9.17, 15) is 0 Å². The molecule has 3 aliphatic heterocycles. The number of nitrogens with one attached hydrogen (secondary N) is 1. The Bertz CT molecular complexity index is 384. The van der Waals surface area contributed by atoms with Gasteiger partial charge < -0.3 is 19.5 Å². The van der Waals surface area contributed by atoms with Crippen LogP contribution >= 0.6 is 0 Å². The fourth-order valence-corrected chi connectivity index (χ4v) is 4.33. The lowest BCUT2D eigenvalue weighted by molar-refractivity contribution is 0.0337. The third kappa shape index (κ3) is 9.03. The molecule has 1 unspecified atom stereocenters. The minimum absolute atomic E-state index is 0.633. The normalized spacial score (nSPS) is 24.4. The highest BCUT2D eigenvalue weighted by molar-refractivity contribution is 4.73. The zero-order valence-corrected chi connectivity index (χ0v) is 17.8. The van der Waals surface area contributed by atoms with Crippen molar-refractivity contribution in [3.63, 3.8) is 0 Å². The van der Waals surface area contributed by atoms with Gasteiger partial charge in [0, 0.05) is 45.3 Å². The van der Waals surface area contributed by atoms with Crippen LogP contribution in [0.25, 0.3) is 0 Å². The van der Waals surface area contributed by atoms with E-state index in [1.807, 2.05) is 0 Å². The first-order valence-corrected chi connectivity index (χ1v) is 11.5. The highest BCUT2D eigenvalue weighted by atomic mass is 16.5. The Kier molecular flexibility index (Phi) is 11.1. The minimum Gasteiger partial charge on any atom is -0.379 e. The summed E-state index contributed by atoms with van der Waals surface area (Å²) in [4.78, 5) is 7.65. The van der Waals surface area contributed by atoms with E-state index in [-0.39, 0.29) is 0 Å². The average molecular weight is 399 g/mol. The molecule has 3 heterocycles. The molecule has 0 aliphatic carbocycles. The molecular formula is C21H42N4O3. The lowest BCUT2D eigenvalue weighted by Crippen LogP contribution is -2.41. The summed E-state index contributed by atoms with van der Waals surface area (Å²) in [6.07, 6.45) is 5.04. The number of hydrogen-bond acceptors (Lipinski definition) is 7. The van der Waals surface area contributed by atoms with Crippen molar-refractivity contribution in [2.75, 3.05) is 105 Å². The Morgan fingerprint density at radius 2 is 1.04 bits per heavy atom. The summed E-state index contributed by atoms with van der Waals surface area (Å²) in [5.41, 5.74) is 0. The third-order valence-electron chi connectivity index (χ3n) is 6.22. The van der Waals surface area contributed by atoms with Crippen LogP contribution < -0.4 is 5.32 Å². The van der Waals surface area contributed by atoms with Gasteiger partial charge in [-0.1, -0.05) is 0 Å². The van der Waals surface area contributed by atoms with Crippen LogP contribution in [-0.4, -0.2) is 126 Å². The zero-order chi connectivity index (χ0) is 19.3. The molecule has 0 aromatic carbocycles. The maximum Gasteiger partial charge on any atom is 0.0594 e. The predicted molar refractivity (Wildman–Crippen MR) is 112 cm³/mol. The smallest absolute Gasteiger partial charge is 0.0594 e. The van der Waals surface area contributed by atoms with Gasteiger partial charge in [-0.3, -0.25) is 14.7 Å². The summed E-state index contributed by atoms with van der Waals surface area (Å²) in [5, 5.41) is 3.88. The summed E-state index contributed by atoms with van der Waals surface area (Å²) in [7, 11) is 0. The van der Waals surface area contributed by atoms with Crippen LogP contribution in [0.1, 0.15) is 25.7 Å². The van der Waals surface area contributed by atoms with Crippen molar-refractivity contribution in [2.45, 2.75) is 31.7 Å². The summed E-state index contributed by atoms with van der Waals surface area (Å²) < 4.78 is 16.4. The van der Waals surface area contributed by atoms with Gasteiger partial charge in [-0.05, 0) is 51.9 Å². The van der Waals surface area contributed by atoms with E-state index in [1.54, 1.807) is 0 Å². The molecule has 1 N–H and O–H groups in total. The second kappa shape index (κ2) is 13.9. The van der Waals surface area contributed by atoms with Gasteiger partial charge in [0.2, 0.25) is 0 Å². The lowest BCUT2D eigenvalue weighted by atomic mass is 10.1. The van der Waals surface area contributed by atoms with E-state index >= 15 is 0 Å². The van der Waals surface area contributed by atoms with E-state index in [0.717, 1.165) is 85.5 Å². The third-order valence-corrected chi connectivity index (χ3v) is 6.22. The summed E-state index contributed by atoms with van der Waals surface area (Å²) >= 11 is 0. The highest BCUT2D eigenvalue weighted by Gasteiger charge is 2.16. The van der Waals surface area contributed by atoms with E-state index < -0.39 is 0 Å². The Morgan fingerprint density at radius 3 is 1.57 bits per heavy atom. The Morgan fingerprint density at radius 1 is 0.571 bits per heavy atom. The van der Waals surface area contributed by atoms with Crippen LogP contribution in [0.3, 0.4) is 0 Å². The predicted octanol–water partition coefficient (Wildman–Crippen LogP) is 0.502. The maximum absolute atomic E-state index is 5.49. The molecule has 0 aromatic rings. The van der Waals surface area contributed by atoms with Gasteiger partial charge in [-0.25, -0.2) is 0 Å². The van der Waals surface area contributed by atoms with Crippen molar-refractivity contribution < 1.29 is 14.2 Å². The standard InChI is InChI=1S/C21H42N4O3/c1(6-23-9-15-26-16-10-23)3-21(4-8-25-13-19-28-20-14-25)22-5-2-7-24-11-17-27-18-12-24/h21-22H,1-20H2. The number of nitrogens with zero attached hydrogens (tertiary/aromatic N) is 3. The molecule has 0 radical (unpaired) electrons. The van der Waals surface area contributed by atoms with Crippen LogP contribution in [0.5, 0.6) is 0 Å². The first-order valence-electron chi connectivity index (χ1n) is 11.5. The second-order valence-corrected chi connectivity index (χ2v) is 8.30. The average Bonchev–Trinajstić information content (AvgIpc) is 2.76. The zero-order valence-electron chi connectivity index (χ0n) is 17.8. The highest BCUT2D eigenvalue weighted by Crippen LogP contribution is 2.08. The van der Waals surface area contributed by atoms with Crippen molar-refractivity contribution in [3.8, 4) is 0 Å². The van der Waals surface area contributed by atoms with E-state index in [4.69, 9.17) is 14.2 Å². The summed E-state index contributed by atoms with van der Waals surface area (Å²) in [6.45, 7) is 16.7. The SMILES string of the molecule is C(CNC(CCCN1CCOCC1)CCN1CCOCC1)CN1CCOCC1. The molecule has 7 nitrogen and oxygen atoms in total. The molecule has 0 aromatic heterocycles. The Hall–Kier alpha value is -0.280. The second-order valence-electron chi connectivity index (χ2n) is 8.30. The molecule has 0 saturated carbocycles. The number of hydrogen-bond donors (Lipinski definition) is 1. The molecule has 3 aliphatic rings. The molecule has 3 saturated heterocycles. The monoisotopic (exact) mass is 398 g/mol. The minimum atomic E-state index is 0.633. The molecule has 28 heavy (non-hydrogen) atoms. The quantitative estimate of drug-likeness (QED) is 0.481. The Balaban J connectivity index is 1.32. The van der Waals surface area contributed by atoms with E-state index in [1.165, 1.54) is 45.3 Å². The maximum atomic E-state index is 5.49. The van der Waals surface area contributed by atoms with Gasteiger partial charge in [-0.15, -0.1) is 0 Å². The number of ether oxygens (including phenoxy) is 3. The van der Waals surface area contributed by atoms with Gasteiger partial charge in [0.1, 0.15) is 0 Å². The largest absolute Gasteiger partial charge is 0.379 e. The molecule has 0 bridgehead atoms. The molecule has 1 atom stereocenters. The van der Waals surface area contributed by atoms with Crippen LogP contribution in [0.15, 0.2) is 0 Å². The van der Waals surface area contributed by atoms with E-state index in [0.29, 0.717) is 6.04 Å². The van der Waals surface area contributed by atoms with Gasteiger partial charge in [0.15, 0.2) is 0 Å². The molecular weight excluding hydrogens is 356 g/mol. The molecule has 3 fully saturated rings.